The van der Waals surface area contributed by atoms with Crippen LogP contribution in [0.15, 0.2) is 29.2 Å². The first-order valence-corrected chi connectivity index (χ1v) is 12.3. The monoisotopic (exact) mass is 436 g/mol. The van der Waals surface area contributed by atoms with E-state index in [4.69, 9.17) is 4.74 Å². The fraction of sp³-hybridized carbons (Fsp3) is 0.636. The highest BCUT2D eigenvalue weighted by Crippen LogP contribution is 2.29. The van der Waals surface area contributed by atoms with Crippen LogP contribution in [0.5, 0.6) is 0 Å². The molecule has 2 fully saturated rings. The van der Waals surface area contributed by atoms with E-state index in [1.165, 1.54) is 35.0 Å². The number of hydrogen-bond donors (Lipinski definition) is 1. The number of piperidine rings is 1. The van der Waals surface area contributed by atoms with Gasteiger partial charge in [0.15, 0.2) is 6.61 Å². The van der Waals surface area contributed by atoms with E-state index in [1.54, 1.807) is 0 Å². The zero-order valence-electron chi connectivity index (χ0n) is 17.8. The molecule has 1 aromatic carbocycles. The fourth-order valence-corrected chi connectivity index (χ4v) is 5.85. The van der Waals surface area contributed by atoms with E-state index in [1.807, 2.05) is 0 Å². The number of nitrogens with one attached hydrogen (secondary N) is 1. The van der Waals surface area contributed by atoms with Crippen LogP contribution in [0.25, 0.3) is 0 Å². The Morgan fingerprint density at radius 3 is 2.57 bits per heavy atom. The molecule has 1 aliphatic carbocycles. The summed E-state index contributed by atoms with van der Waals surface area (Å²) < 4.78 is 32.2. The zero-order valence-corrected chi connectivity index (χ0v) is 18.6. The van der Waals surface area contributed by atoms with Crippen LogP contribution in [-0.2, 0) is 19.6 Å². The molecule has 30 heavy (non-hydrogen) atoms. The third kappa shape index (κ3) is 5.40. The number of esters is 1. The maximum atomic E-state index is 12.8. The number of sulfonamides is 1. The molecule has 0 spiro atoms. The highest BCUT2D eigenvalue weighted by Gasteiger charge is 2.29. The molecule has 2 aliphatic rings. The highest BCUT2D eigenvalue weighted by molar-refractivity contribution is 7.89. The largest absolute Gasteiger partial charge is 0.452 e. The first-order chi connectivity index (χ1) is 14.3. The number of ether oxygens (including phenoxy) is 1. The van der Waals surface area contributed by atoms with E-state index < -0.39 is 16.0 Å². The second-order valence-corrected chi connectivity index (χ2v) is 10.4. The lowest BCUT2D eigenvalue weighted by atomic mass is 9.78. The van der Waals surface area contributed by atoms with Crippen molar-refractivity contribution in [3.63, 3.8) is 0 Å². The zero-order chi connectivity index (χ0) is 21.7. The van der Waals surface area contributed by atoms with Crippen molar-refractivity contribution in [2.24, 2.45) is 11.8 Å². The Hall–Kier alpha value is -1.93. The molecule has 0 radical (unpaired) electrons. The Kier molecular flexibility index (Phi) is 7.52. The maximum absolute atomic E-state index is 12.8. The molecule has 166 valence electrons. The highest BCUT2D eigenvalue weighted by atomic mass is 32.2. The smallest absolute Gasteiger partial charge is 0.338 e. The SMILES string of the molecule is C[C@@H]1[C@H](C)CCC[C@@H]1NC(=O)COC(=O)c1cccc(S(=O)(=O)N2CCCCC2)c1. The van der Waals surface area contributed by atoms with Crippen LogP contribution in [-0.4, -0.2) is 50.3 Å². The van der Waals surface area contributed by atoms with Gasteiger partial charge in [-0.25, -0.2) is 13.2 Å². The number of carbonyl (C=O) groups excluding carboxylic acids is 2. The van der Waals surface area contributed by atoms with E-state index in [2.05, 4.69) is 19.2 Å². The molecule has 7 nitrogen and oxygen atoms in total. The van der Waals surface area contributed by atoms with Gasteiger partial charge in [-0.1, -0.05) is 39.2 Å². The standard InChI is InChI=1S/C22H32N2O5S/c1-16-8-6-11-20(17(16)2)23-21(25)15-29-22(26)18-9-7-10-19(14-18)30(27,28)24-12-4-3-5-13-24/h7,9-10,14,16-17,20H,3-6,8,11-13,15H2,1-2H3,(H,23,25)/t16-,17-,20+/m1/s1. The van der Waals surface area contributed by atoms with E-state index in [-0.39, 0.29) is 29.0 Å². The number of carbonyl (C=O) groups is 2. The summed E-state index contributed by atoms with van der Waals surface area (Å²) in [7, 11) is -3.63. The van der Waals surface area contributed by atoms with Gasteiger partial charge in [-0.2, -0.15) is 4.31 Å². The minimum Gasteiger partial charge on any atom is -0.452 e. The van der Waals surface area contributed by atoms with Crippen molar-refractivity contribution in [1.29, 1.82) is 0 Å². The van der Waals surface area contributed by atoms with Crippen LogP contribution >= 0.6 is 0 Å². The van der Waals surface area contributed by atoms with Crippen molar-refractivity contribution in [2.75, 3.05) is 19.7 Å². The van der Waals surface area contributed by atoms with Crippen molar-refractivity contribution in [1.82, 2.24) is 9.62 Å². The summed E-state index contributed by atoms with van der Waals surface area (Å²) >= 11 is 0. The van der Waals surface area contributed by atoms with Crippen LogP contribution in [0.3, 0.4) is 0 Å². The molecular weight excluding hydrogens is 404 g/mol. The minimum absolute atomic E-state index is 0.0771. The second-order valence-electron chi connectivity index (χ2n) is 8.51. The molecule has 1 amide bonds. The number of hydrogen-bond acceptors (Lipinski definition) is 5. The van der Waals surface area contributed by atoms with Crippen LogP contribution in [0.4, 0.5) is 0 Å². The second kappa shape index (κ2) is 9.92. The summed E-state index contributed by atoms with van der Waals surface area (Å²) in [4.78, 5) is 24.7. The predicted molar refractivity (Wildman–Crippen MR) is 113 cm³/mol. The molecule has 1 saturated carbocycles. The van der Waals surface area contributed by atoms with Gasteiger partial charge in [0.2, 0.25) is 10.0 Å². The van der Waals surface area contributed by atoms with Gasteiger partial charge in [0.05, 0.1) is 10.5 Å². The van der Waals surface area contributed by atoms with Crippen LogP contribution in [0, 0.1) is 11.8 Å². The summed E-state index contributed by atoms with van der Waals surface area (Å²) in [6.45, 7) is 4.94. The van der Waals surface area contributed by atoms with Crippen LogP contribution in [0.2, 0.25) is 0 Å². The molecule has 1 aromatic rings. The van der Waals surface area contributed by atoms with Crippen molar-refractivity contribution in [2.45, 2.75) is 63.3 Å². The lowest BCUT2D eigenvalue weighted by Crippen LogP contribution is -2.45. The van der Waals surface area contributed by atoms with Gasteiger partial charge in [-0.3, -0.25) is 4.79 Å². The van der Waals surface area contributed by atoms with Crippen molar-refractivity contribution >= 4 is 21.9 Å². The van der Waals surface area contributed by atoms with Gasteiger partial charge in [0, 0.05) is 19.1 Å². The Balaban J connectivity index is 1.58. The van der Waals surface area contributed by atoms with Crippen molar-refractivity contribution in [3.05, 3.63) is 29.8 Å². The molecule has 3 rings (SSSR count). The summed E-state index contributed by atoms with van der Waals surface area (Å²) in [5.74, 6) is -0.0939. The molecule has 1 heterocycles. The average molecular weight is 437 g/mol. The summed E-state index contributed by atoms with van der Waals surface area (Å²) in [6, 6.07) is 5.94. The van der Waals surface area contributed by atoms with Crippen molar-refractivity contribution < 1.29 is 22.7 Å². The van der Waals surface area contributed by atoms with Crippen LogP contribution in [0.1, 0.15) is 62.7 Å². The third-order valence-corrected chi connectivity index (χ3v) is 8.30. The van der Waals surface area contributed by atoms with E-state index in [0.29, 0.717) is 24.9 Å². The first kappa shape index (κ1) is 22.7. The molecule has 0 bridgehead atoms. The third-order valence-electron chi connectivity index (χ3n) is 6.41. The number of amides is 1. The van der Waals surface area contributed by atoms with E-state index in [0.717, 1.165) is 32.1 Å². The molecule has 1 aliphatic heterocycles. The molecule has 1 saturated heterocycles. The molecule has 1 N–H and O–H groups in total. The number of rotatable bonds is 6. The Morgan fingerprint density at radius 1 is 1.10 bits per heavy atom. The van der Waals surface area contributed by atoms with E-state index in [9.17, 15) is 18.0 Å². The van der Waals surface area contributed by atoms with Crippen molar-refractivity contribution in [3.8, 4) is 0 Å². The summed E-state index contributed by atoms with van der Waals surface area (Å²) in [6.07, 6.45) is 5.89. The quantitative estimate of drug-likeness (QED) is 0.692. The topological polar surface area (TPSA) is 92.8 Å². The molecule has 0 aromatic heterocycles. The normalized spacial score (nSPS) is 25.5. The van der Waals surface area contributed by atoms with Gasteiger partial charge in [0.1, 0.15) is 0 Å². The Bertz CT molecular complexity index is 864. The average Bonchev–Trinajstić information content (AvgIpc) is 2.76. The Morgan fingerprint density at radius 2 is 1.83 bits per heavy atom. The van der Waals surface area contributed by atoms with Gasteiger partial charge >= 0.3 is 5.97 Å². The van der Waals surface area contributed by atoms with Crippen LogP contribution < -0.4 is 5.32 Å². The van der Waals surface area contributed by atoms with Gasteiger partial charge in [-0.15, -0.1) is 0 Å². The maximum Gasteiger partial charge on any atom is 0.338 e. The predicted octanol–water partition coefficient (Wildman–Crippen LogP) is 2.96. The molecular formula is C22H32N2O5S. The summed E-state index contributed by atoms with van der Waals surface area (Å²) in [5.41, 5.74) is 0.126. The first-order valence-electron chi connectivity index (χ1n) is 10.9. The van der Waals surface area contributed by atoms with Gasteiger partial charge in [-0.05, 0) is 49.3 Å². The van der Waals surface area contributed by atoms with Gasteiger partial charge < -0.3 is 10.1 Å². The number of benzene rings is 1. The molecule has 3 atom stereocenters. The summed E-state index contributed by atoms with van der Waals surface area (Å²) in [5, 5.41) is 2.97. The molecule has 0 unspecified atom stereocenters. The fourth-order valence-electron chi connectivity index (χ4n) is 4.29. The lowest BCUT2D eigenvalue weighted by Gasteiger charge is -2.34. The molecule has 8 heteroatoms. The van der Waals surface area contributed by atoms with E-state index >= 15 is 0 Å². The Labute approximate surface area is 179 Å². The van der Waals surface area contributed by atoms with Gasteiger partial charge in [0.25, 0.3) is 5.91 Å². The minimum atomic E-state index is -3.63. The lowest BCUT2D eigenvalue weighted by molar-refractivity contribution is -0.125. The number of nitrogens with zero attached hydrogens (tertiary/aromatic N) is 1.